The van der Waals surface area contributed by atoms with Crippen molar-refractivity contribution in [1.82, 2.24) is 9.80 Å². The number of halogens is 2. The molecule has 0 fully saturated rings. The van der Waals surface area contributed by atoms with E-state index < -0.39 is 17.7 Å². The second-order valence-corrected chi connectivity index (χ2v) is 6.00. The highest BCUT2D eigenvalue weighted by Gasteiger charge is 2.22. The van der Waals surface area contributed by atoms with Crippen molar-refractivity contribution in [2.45, 2.75) is 26.7 Å². The molecular formula is C18H26ClFN2O3. The maximum Gasteiger partial charge on any atom is 0.307 e. The fourth-order valence-electron chi connectivity index (χ4n) is 2.53. The Morgan fingerprint density at radius 2 is 1.84 bits per heavy atom. The first kappa shape index (κ1) is 21.4. The van der Waals surface area contributed by atoms with Crippen LogP contribution in [-0.2, 0) is 9.53 Å². The van der Waals surface area contributed by atoms with E-state index in [-0.39, 0.29) is 23.6 Å². The summed E-state index contributed by atoms with van der Waals surface area (Å²) in [4.78, 5) is 27.9. The number of ether oxygens (including phenoxy) is 1. The Bertz CT molecular complexity index is 559. The zero-order valence-corrected chi connectivity index (χ0v) is 15.8. The average Bonchev–Trinajstić information content (AvgIpc) is 2.60. The predicted octanol–water partition coefficient (Wildman–Crippen LogP) is 3.22. The largest absolute Gasteiger partial charge is 0.469 e. The Balaban J connectivity index is 2.85. The van der Waals surface area contributed by atoms with Gasteiger partial charge in [-0.15, -0.1) is 0 Å². The molecule has 5 nitrogen and oxygen atoms in total. The highest BCUT2D eigenvalue weighted by atomic mass is 35.5. The lowest BCUT2D eigenvalue weighted by atomic mass is 10.1. The molecule has 7 heteroatoms. The van der Waals surface area contributed by atoms with E-state index in [0.717, 1.165) is 26.1 Å². The minimum Gasteiger partial charge on any atom is -0.469 e. The quantitative estimate of drug-likeness (QED) is 0.592. The van der Waals surface area contributed by atoms with E-state index in [9.17, 15) is 14.0 Å². The molecule has 0 bridgehead atoms. The first-order valence-corrected chi connectivity index (χ1v) is 8.84. The van der Waals surface area contributed by atoms with E-state index in [4.69, 9.17) is 11.6 Å². The van der Waals surface area contributed by atoms with Crippen LogP contribution in [0.3, 0.4) is 0 Å². The van der Waals surface area contributed by atoms with E-state index in [1.54, 1.807) is 0 Å². The Morgan fingerprint density at radius 1 is 1.16 bits per heavy atom. The second kappa shape index (κ2) is 11.1. The van der Waals surface area contributed by atoms with Crippen LogP contribution in [0.5, 0.6) is 0 Å². The van der Waals surface area contributed by atoms with Gasteiger partial charge in [0.05, 0.1) is 24.1 Å². The number of nitrogens with zero attached hydrogens (tertiary/aromatic N) is 2. The normalized spacial score (nSPS) is 10.8. The van der Waals surface area contributed by atoms with Crippen LogP contribution < -0.4 is 0 Å². The number of carbonyl (C=O) groups excluding carboxylic acids is 2. The number of benzene rings is 1. The third-order valence-electron chi connectivity index (χ3n) is 4.07. The minimum atomic E-state index is -0.663. The van der Waals surface area contributed by atoms with E-state index in [1.165, 1.54) is 30.2 Å². The van der Waals surface area contributed by atoms with Crippen molar-refractivity contribution in [2.75, 3.05) is 39.8 Å². The third-order valence-corrected chi connectivity index (χ3v) is 4.39. The fraction of sp³-hybridized carbons (Fsp3) is 0.556. The Hall–Kier alpha value is -1.66. The van der Waals surface area contributed by atoms with Crippen LogP contribution in [0, 0.1) is 5.82 Å². The summed E-state index contributed by atoms with van der Waals surface area (Å²) in [6.45, 7) is 7.38. The molecule has 0 aliphatic carbocycles. The molecule has 1 aromatic carbocycles. The smallest absolute Gasteiger partial charge is 0.307 e. The highest BCUT2D eigenvalue weighted by molar-refractivity contribution is 6.33. The maximum absolute atomic E-state index is 14.1. The van der Waals surface area contributed by atoms with Crippen LogP contribution in [0.1, 0.15) is 37.0 Å². The lowest BCUT2D eigenvalue weighted by molar-refractivity contribution is -0.140. The lowest BCUT2D eigenvalue weighted by Gasteiger charge is -2.25. The van der Waals surface area contributed by atoms with E-state index in [1.807, 2.05) is 0 Å². The minimum absolute atomic E-state index is 0.0551. The monoisotopic (exact) mass is 372 g/mol. The Labute approximate surface area is 153 Å². The molecule has 0 heterocycles. The van der Waals surface area contributed by atoms with Crippen LogP contribution in [-0.4, -0.2) is 61.5 Å². The summed E-state index contributed by atoms with van der Waals surface area (Å²) >= 11 is 6.00. The molecule has 0 atom stereocenters. The molecule has 0 N–H and O–H groups in total. The van der Waals surface area contributed by atoms with Crippen molar-refractivity contribution < 1.29 is 18.7 Å². The average molecular weight is 373 g/mol. The summed E-state index contributed by atoms with van der Waals surface area (Å²) in [5.74, 6) is -1.59. The Kier molecular flexibility index (Phi) is 9.45. The summed E-state index contributed by atoms with van der Waals surface area (Å²) < 4.78 is 18.7. The molecule has 0 aliphatic rings. The van der Waals surface area contributed by atoms with Crippen LogP contribution in [0.4, 0.5) is 4.39 Å². The molecule has 1 rings (SSSR count). The van der Waals surface area contributed by atoms with Crippen molar-refractivity contribution in [2.24, 2.45) is 0 Å². The van der Waals surface area contributed by atoms with Gasteiger partial charge in [0, 0.05) is 13.1 Å². The van der Waals surface area contributed by atoms with Gasteiger partial charge in [0.25, 0.3) is 5.91 Å². The molecule has 0 aliphatic heterocycles. The van der Waals surface area contributed by atoms with Crippen LogP contribution in [0.25, 0.3) is 0 Å². The maximum atomic E-state index is 14.1. The molecule has 0 saturated carbocycles. The van der Waals surface area contributed by atoms with Gasteiger partial charge in [0.2, 0.25) is 0 Å². The third kappa shape index (κ3) is 6.63. The standard InChI is InChI=1S/C18H26ClFN2O3/c1-4-21(5-2)11-7-12-22(13-10-16(23)25-3)18(24)17-14(19)8-6-9-15(17)20/h6,8-9H,4-5,7,10-13H2,1-3H3. The Morgan fingerprint density at radius 3 is 2.40 bits per heavy atom. The van der Waals surface area contributed by atoms with Crippen molar-refractivity contribution in [3.8, 4) is 0 Å². The first-order chi connectivity index (χ1) is 11.9. The molecule has 0 radical (unpaired) electrons. The summed E-state index contributed by atoms with van der Waals surface area (Å²) in [7, 11) is 1.29. The summed E-state index contributed by atoms with van der Waals surface area (Å²) in [6.07, 6.45) is 0.778. The van der Waals surface area contributed by atoms with Gasteiger partial charge in [-0.1, -0.05) is 31.5 Å². The van der Waals surface area contributed by atoms with Crippen molar-refractivity contribution in [3.63, 3.8) is 0 Å². The highest BCUT2D eigenvalue weighted by Crippen LogP contribution is 2.21. The van der Waals surface area contributed by atoms with Crippen LogP contribution in [0.15, 0.2) is 18.2 Å². The molecular weight excluding hydrogens is 347 g/mol. The second-order valence-electron chi connectivity index (χ2n) is 5.60. The number of rotatable bonds is 10. The summed E-state index contributed by atoms with van der Waals surface area (Å²) in [5, 5.41) is 0.0665. The van der Waals surface area contributed by atoms with E-state index >= 15 is 0 Å². The summed E-state index contributed by atoms with van der Waals surface area (Å²) in [6, 6.07) is 4.13. The van der Waals surface area contributed by atoms with Gasteiger partial charge >= 0.3 is 5.97 Å². The molecule has 0 unspecified atom stereocenters. The van der Waals surface area contributed by atoms with E-state index in [0.29, 0.717) is 6.54 Å². The first-order valence-electron chi connectivity index (χ1n) is 8.47. The molecule has 140 valence electrons. The van der Waals surface area contributed by atoms with Gasteiger partial charge in [-0.25, -0.2) is 4.39 Å². The molecule has 1 aromatic rings. The van der Waals surface area contributed by atoms with Gasteiger partial charge in [0.15, 0.2) is 0 Å². The lowest BCUT2D eigenvalue weighted by Crippen LogP contribution is -2.36. The SMILES string of the molecule is CCN(CC)CCCN(CCC(=O)OC)C(=O)c1c(F)cccc1Cl. The number of carbonyl (C=O) groups is 2. The van der Waals surface area contributed by atoms with Crippen molar-refractivity contribution in [1.29, 1.82) is 0 Å². The molecule has 25 heavy (non-hydrogen) atoms. The van der Waals surface area contributed by atoms with Gasteiger partial charge < -0.3 is 14.5 Å². The molecule has 0 saturated heterocycles. The van der Waals surface area contributed by atoms with Gasteiger partial charge in [0.1, 0.15) is 5.82 Å². The molecule has 1 amide bonds. The van der Waals surface area contributed by atoms with Crippen molar-refractivity contribution >= 4 is 23.5 Å². The fourth-order valence-corrected chi connectivity index (χ4v) is 2.77. The number of esters is 1. The van der Waals surface area contributed by atoms with Crippen molar-refractivity contribution in [3.05, 3.63) is 34.6 Å². The van der Waals surface area contributed by atoms with Gasteiger partial charge in [-0.3, -0.25) is 9.59 Å². The zero-order valence-electron chi connectivity index (χ0n) is 15.1. The summed E-state index contributed by atoms with van der Waals surface area (Å²) in [5.41, 5.74) is -0.156. The van der Waals surface area contributed by atoms with Crippen LogP contribution in [0.2, 0.25) is 5.02 Å². The number of methoxy groups -OCH3 is 1. The van der Waals surface area contributed by atoms with Crippen LogP contribution >= 0.6 is 11.6 Å². The number of hydrogen-bond donors (Lipinski definition) is 0. The van der Waals surface area contributed by atoms with Gasteiger partial charge in [-0.05, 0) is 38.2 Å². The predicted molar refractivity (Wildman–Crippen MR) is 96.4 cm³/mol. The zero-order chi connectivity index (χ0) is 18.8. The number of hydrogen-bond acceptors (Lipinski definition) is 4. The molecule has 0 aromatic heterocycles. The number of amides is 1. The topological polar surface area (TPSA) is 49.9 Å². The van der Waals surface area contributed by atoms with Gasteiger partial charge in [-0.2, -0.15) is 0 Å². The molecule has 0 spiro atoms. The van der Waals surface area contributed by atoms with E-state index in [2.05, 4.69) is 23.5 Å².